The molecule has 1 aliphatic heterocycles. The van der Waals surface area contributed by atoms with Crippen molar-refractivity contribution < 1.29 is 31.5 Å². The molecule has 11 heteroatoms. The number of aliphatic hydroxyl groups is 1. The Bertz CT molecular complexity index is 1080. The van der Waals surface area contributed by atoms with Crippen molar-refractivity contribution in [3.05, 3.63) is 58.4 Å². The van der Waals surface area contributed by atoms with Crippen molar-refractivity contribution in [2.45, 2.75) is 30.3 Å². The molecular formula is C19H18ClF3N2O4S. The summed E-state index contributed by atoms with van der Waals surface area (Å²) in [4.78, 5) is 12.3. The lowest BCUT2D eigenvalue weighted by atomic mass is 9.95. The van der Waals surface area contributed by atoms with Crippen LogP contribution in [0.4, 0.5) is 18.9 Å². The molecule has 2 N–H and O–H groups in total. The number of carbonyl (C=O) groups is 1. The number of benzene rings is 2. The van der Waals surface area contributed by atoms with Gasteiger partial charge in [0.1, 0.15) is 0 Å². The number of amides is 1. The maximum atomic E-state index is 13.4. The Kier molecular flexibility index (Phi) is 6.15. The summed E-state index contributed by atoms with van der Waals surface area (Å²) in [5.74, 6) is -5.59. The van der Waals surface area contributed by atoms with Gasteiger partial charge in [0.25, 0.3) is 5.91 Å². The number of anilines is 1. The zero-order valence-electron chi connectivity index (χ0n) is 15.8. The predicted molar refractivity (Wildman–Crippen MR) is 104 cm³/mol. The molecule has 6 nitrogen and oxygen atoms in total. The van der Waals surface area contributed by atoms with E-state index in [1.54, 1.807) is 6.92 Å². The topological polar surface area (TPSA) is 86.7 Å². The Balaban J connectivity index is 1.87. The fourth-order valence-electron chi connectivity index (χ4n) is 3.02. The molecule has 0 spiro atoms. The van der Waals surface area contributed by atoms with Gasteiger partial charge in [-0.2, -0.15) is 4.31 Å². The first kappa shape index (κ1) is 22.5. The van der Waals surface area contributed by atoms with Crippen LogP contribution in [-0.4, -0.2) is 42.4 Å². The molecule has 0 atom stereocenters. The summed E-state index contributed by atoms with van der Waals surface area (Å²) in [7, 11) is -3.96. The minimum absolute atomic E-state index is 0.0870. The third kappa shape index (κ3) is 4.61. The molecular weight excluding hydrogens is 445 g/mol. The van der Waals surface area contributed by atoms with Crippen molar-refractivity contribution in [3.8, 4) is 0 Å². The number of nitrogens with one attached hydrogen (secondary N) is 1. The van der Waals surface area contributed by atoms with Crippen LogP contribution in [0.15, 0.2) is 35.2 Å². The number of carbonyl (C=O) groups excluding carboxylic acids is 1. The molecule has 0 bridgehead atoms. The Labute approximate surface area is 176 Å². The predicted octanol–water partition coefficient (Wildman–Crippen LogP) is 3.55. The molecule has 0 aromatic heterocycles. The van der Waals surface area contributed by atoms with Crippen molar-refractivity contribution in [3.63, 3.8) is 0 Å². The summed E-state index contributed by atoms with van der Waals surface area (Å²) in [6.07, 6.45) is 0.518. The molecule has 0 unspecified atom stereocenters. The molecule has 162 valence electrons. The van der Waals surface area contributed by atoms with E-state index in [9.17, 15) is 31.5 Å². The van der Waals surface area contributed by atoms with E-state index in [0.29, 0.717) is 12.1 Å². The molecule has 1 saturated heterocycles. The van der Waals surface area contributed by atoms with Gasteiger partial charge in [-0.25, -0.2) is 21.6 Å². The van der Waals surface area contributed by atoms with E-state index >= 15 is 0 Å². The highest BCUT2D eigenvalue weighted by Gasteiger charge is 2.34. The zero-order valence-corrected chi connectivity index (χ0v) is 17.3. The highest BCUT2D eigenvalue weighted by Crippen LogP contribution is 2.29. The first-order chi connectivity index (χ1) is 13.9. The standard InChI is InChI=1S/C19H18ClF3N2O4S/c1-19(27)4-6-25(7-5-19)30(28,29)12-2-3-14(20)13(10-12)18(26)24-11-8-15(21)17(23)16(22)9-11/h2-3,8-10,27H,4-7H2,1H3,(H,24,26). The Morgan fingerprint density at radius 2 is 1.70 bits per heavy atom. The molecule has 0 saturated carbocycles. The number of sulfonamides is 1. The van der Waals surface area contributed by atoms with Crippen LogP contribution in [0.3, 0.4) is 0 Å². The minimum atomic E-state index is -3.96. The van der Waals surface area contributed by atoms with E-state index in [1.807, 2.05) is 0 Å². The van der Waals surface area contributed by atoms with Crippen molar-refractivity contribution in [1.82, 2.24) is 4.31 Å². The fourth-order valence-corrected chi connectivity index (χ4v) is 4.69. The monoisotopic (exact) mass is 462 g/mol. The summed E-state index contributed by atoms with van der Waals surface area (Å²) in [5.41, 5.74) is -1.55. The Morgan fingerprint density at radius 3 is 2.27 bits per heavy atom. The second-order valence-electron chi connectivity index (χ2n) is 7.25. The summed E-state index contributed by atoms with van der Waals surface area (Å²) in [6, 6.07) is 4.68. The van der Waals surface area contributed by atoms with Gasteiger partial charge in [0.05, 0.1) is 21.1 Å². The van der Waals surface area contributed by atoms with Gasteiger partial charge >= 0.3 is 0 Å². The van der Waals surface area contributed by atoms with Gasteiger partial charge in [-0.05, 0) is 38.0 Å². The lowest BCUT2D eigenvalue weighted by molar-refractivity contribution is 0.0126. The third-order valence-electron chi connectivity index (χ3n) is 4.86. The van der Waals surface area contributed by atoms with Gasteiger partial charge in [0, 0.05) is 30.9 Å². The van der Waals surface area contributed by atoms with Gasteiger partial charge in [-0.3, -0.25) is 4.79 Å². The van der Waals surface area contributed by atoms with Gasteiger partial charge in [-0.15, -0.1) is 0 Å². The van der Waals surface area contributed by atoms with Crippen LogP contribution in [0.5, 0.6) is 0 Å². The largest absolute Gasteiger partial charge is 0.390 e. The number of halogens is 4. The first-order valence-corrected chi connectivity index (χ1v) is 10.7. The molecule has 1 heterocycles. The maximum Gasteiger partial charge on any atom is 0.257 e. The average molecular weight is 463 g/mol. The van der Waals surface area contributed by atoms with Gasteiger partial charge in [0.2, 0.25) is 10.0 Å². The molecule has 0 radical (unpaired) electrons. The van der Waals surface area contributed by atoms with E-state index in [0.717, 1.165) is 6.07 Å². The molecule has 0 aliphatic carbocycles. The molecule has 3 rings (SSSR count). The van der Waals surface area contributed by atoms with Crippen LogP contribution in [-0.2, 0) is 10.0 Å². The SMILES string of the molecule is CC1(O)CCN(S(=O)(=O)c2ccc(Cl)c(C(=O)Nc3cc(F)c(F)c(F)c3)c2)CC1. The lowest BCUT2D eigenvalue weighted by Crippen LogP contribution is -2.45. The van der Waals surface area contributed by atoms with E-state index in [1.165, 1.54) is 16.4 Å². The summed E-state index contributed by atoms with van der Waals surface area (Å²) >= 11 is 6.01. The molecule has 2 aromatic rings. The van der Waals surface area contributed by atoms with Gasteiger partial charge in [0.15, 0.2) is 17.5 Å². The van der Waals surface area contributed by atoms with Crippen molar-refractivity contribution in [2.75, 3.05) is 18.4 Å². The van der Waals surface area contributed by atoms with Crippen LogP contribution in [0.2, 0.25) is 5.02 Å². The quantitative estimate of drug-likeness (QED) is 0.680. The maximum absolute atomic E-state index is 13.4. The normalized spacial score (nSPS) is 17.0. The van der Waals surface area contributed by atoms with E-state index in [4.69, 9.17) is 11.6 Å². The summed E-state index contributed by atoms with van der Waals surface area (Å²) in [6.45, 7) is 1.84. The molecule has 2 aromatic carbocycles. The van der Waals surface area contributed by atoms with Crippen molar-refractivity contribution in [1.29, 1.82) is 0 Å². The van der Waals surface area contributed by atoms with E-state index in [2.05, 4.69) is 5.32 Å². The average Bonchev–Trinajstić information content (AvgIpc) is 2.65. The molecule has 1 fully saturated rings. The second kappa shape index (κ2) is 8.18. The van der Waals surface area contributed by atoms with E-state index < -0.39 is 39.0 Å². The highest BCUT2D eigenvalue weighted by molar-refractivity contribution is 7.89. The number of hydrogen-bond acceptors (Lipinski definition) is 4. The fraction of sp³-hybridized carbons (Fsp3) is 0.316. The second-order valence-corrected chi connectivity index (χ2v) is 9.60. The molecule has 1 amide bonds. The number of nitrogens with zero attached hydrogens (tertiary/aromatic N) is 1. The lowest BCUT2D eigenvalue weighted by Gasteiger charge is -2.35. The highest BCUT2D eigenvalue weighted by atomic mass is 35.5. The van der Waals surface area contributed by atoms with Crippen LogP contribution >= 0.6 is 11.6 Å². The van der Waals surface area contributed by atoms with Crippen LogP contribution < -0.4 is 5.32 Å². The van der Waals surface area contributed by atoms with Crippen LogP contribution in [0.25, 0.3) is 0 Å². The Hall–Kier alpha value is -2.14. The Morgan fingerprint density at radius 1 is 1.13 bits per heavy atom. The van der Waals surface area contributed by atoms with Gasteiger partial charge < -0.3 is 10.4 Å². The third-order valence-corrected chi connectivity index (χ3v) is 7.09. The summed E-state index contributed by atoms with van der Waals surface area (Å²) < 4.78 is 66.8. The number of piperidine rings is 1. The number of hydrogen-bond donors (Lipinski definition) is 2. The van der Waals surface area contributed by atoms with Crippen LogP contribution in [0.1, 0.15) is 30.1 Å². The zero-order chi connectivity index (χ0) is 22.3. The van der Waals surface area contributed by atoms with Crippen molar-refractivity contribution >= 4 is 33.2 Å². The summed E-state index contributed by atoms with van der Waals surface area (Å²) in [5, 5.41) is 12.1. The smallest absolute Gasteiger partial charge is 0.257 e. The van der Waals surface area contributed by atoms with Crippen LogP contribution in [0, 0.1) is 17.5 Å². The van der Waals surface area contributed by atoms with E-state index in [-0.39, 0.29) is 47.1 Å². The molecule has 1 aliphatic rings. The number of rotatable bonds is 4. The van der Waals surface area contributed by atoms with Gasteiger partial charge in [-0.1, -0.05) is 11.6 Å². The molecule has 30 heavy (non-hydrogen) atoms. The first-order valence-electron chi connectivity index (χ1n) is 8.89. The minimum Gasteiger partial charge on any atom is -0.390 e. The van der Waals surface area contributed by atoms with Crippen molar-refractivity contribution in [2.24, 2.45) is 0 Å².